The summed E-state index contributed by atoms with van der Waals surface area (Å²) in [6, 6.07) is 13.1. The third-order valence-electron chi connectivity index (χ3n) is 5.63. The van der Waals surface area contributed by atoms with Crippen LogP contribution in [0.1, 0.15) is 31.0 Å². The van der Waals surface area contributed by atoms with Gasteiger partial charge in [0.05, 0.1) is 17.4 Å². The highest BCUT2D eigenvalue weighted by Gasteiger charge is 2.20. The van der Waals surface area contributed by atoms with Crippen molar-refractivity contribution in [2.24, 2.45) is 0 Å². The number of nitrogens with one attached hydrogen (secondary N) is 3. The Morgan fingerprint density at radius 3 is 2.52 bits per heavy atom. The zero-order valence-corrected chi connectivity index (χ0v) is 22.9. The van der Waals surface area contributed by atoms with Gasteiger partial charge in [0.2, 0.25) is 5.91 Å². The first kappa shape index (κ1) is 28.6. The lowest BCUT2D eigenvalue weighted by Crippen LogP contribution is -2.37. The van der Waals surface area contributed by atoms with Gasteiger partial charge in [-0.2, -0.15) is 4.68 Å². The first-order valence-electron chi connectivity index (χ1n) is 12.1. The molecule has 0 aliphatic rings. The number of carbonyl (C=O) groups excluding carboxylic acids is 1. The van der Waals surface area contributed by atoms with Gasteiger partial charge in [0, 0.05) is 46.1 Å². The Morgan fingerprint density at radius 2 is 1.85 bits per heavy atom. The summed E-state index contributed by atoms with van der Waals surface area (Å²) in [5, 5.41) is 37.6. The maximum Gasteiger partial charge on any atom is 0.409 e. The molecule has 2 amide bonds. The van der Waals surface area contributed by atoms with Gasteiger partial charge in [0.15, 0.2) is 5.15 Å². The molecule has 0 saturated carbocycles. The molecule has 0 saturated heterocycles. The molecule has 0 spiro atoms. The number of benzene rings is 2. The van der Waals surface area contributed by atoms with Crippen molar-refractivity contribution in [1.29, 1.82) is 0 Å². The fourth-order valence-corrected chi connectivity index (χ4v) is 4.15. The fourth-order valence-electron chi connectivity index (χ4n) is 3.74. The van der Waals surface area contributed by atoms with Crippen LogP contribution in [0.15, 0.2) is 60.9 Å². The average molecular weight is 582 g/mol. The zero-order chi connectivity index (χ0) is 28.6. The highest BCUT2D eigenvalue weighted by molar-refractivity contribution is 6.31. The summed E-state index contributed by atoms with van der Waals surface area (Å²) >= 11 is 12.6. The van der Waals surface area contributed by atoms with Crippen LogP contribution >= 0.6 is 23.2 Å². The zero-order valence-electron chi connectivity index (χ0n) is 21.4. The number of halogens is 2. The molecule has 2 heterocycles. The number of hydrogen-bond acceptors (Lipinski definition) is 8. The smallest absolute Gasteiger partial charge is 0.409 e. The second-order valence-electron chi connectivity index (χ2n) is 8.90. The first-order valence-corrected chi connectivity index (χ1v) is 12.8. The Balaban J connectivity index is 1.58. The van der Waals surface area contributed by atoms with E-state index in [1.165, 1.54) is 17.1 Å². The number of tetrazole rings is 1. The lowest BCUT2D eigenvalue weighted by Gasteiger charge is -2.21. The van der Waals surface area contributed by atoms with Crippen LogP contribution in [0.25, 0.3) is 23.0 Å². The Morgan fingerprint density at radius 1 is 1.07 bits per heavy atom. The van der Waals surface area contributed by atoms with E-state index >= 15 is 0 Å². The molecule has 1 unspecified atom stereocenters. The second kappa shape index (κ2) is 13.1. The molecule has 2 aromatic carbocycles. The number of carboxylic acid groups (broad SMARTS) is 1. The van der Waals surface area contributed by atoms with Crippen molar-refractivity contribution in [3.8, 4) is 16.9 Å². The van der Waals surface area contributed by atoms with Gasteiger partial charge >= 0.3 is 6.09 Å². The van der Waals surface area contributed by atoms with Crippen LogP contribution in [0, 0.1) is 0 Å². The van der Waals surface area contributed by atoms with Crippen LogP contribution < -0.4 is 16.0 Å². The number of nitrogens with zero attached hydrogens (tertiary/aromatic N) is 6. The predicted octanol–water partition coefficient (Wildman–Crippen LogP) is 4.38. The van der Waals surface area contributed by atoms with Gasteiger partial charge < -0.3 is 15.7 Å². The van der Waals surface area contributed by atoms with Crippen LogP contribution in [0.3, 0.4) is 0 Å². The van der Waals surface area contributed by atoms with Gasteiger partial charge in [0.1, 0.15) is 6.33 Å². The van der Waals surface area contributed by atoms with E-state index in [1.54, 1.807) is 54.6 Å². The summed E-state index contributed by atoms with van der Waals surface area (Å²) in [5.41, 5.74) is 3.46. The van der Waals surface area contributed by atoms with Crippen molar-refractivity contribution < 1.29 is 14.7 Å². The summed E-state index contributed by atoms with van der Waals surface area (Å²) < 4.78 is 1.47. The highest BCUT2D eigenvalue weighted by Crippen LogP contribution is 2.27. The van der Waals surface area contributed by atoms with E-state index in [9.17, 15) is 9.59 Å². The minimum Gasteiger partial charge on any atom is -0.465 e. The lowest BCUT2D eigenvalue weighted by molar-refractivity contribution is -0.117. The minimum absolute atomic E-state index is 0.141. The molecule has 4 rings (SSSR count). The normalized spacial score (nSPS) is 12.0. The second-order valence-corrected chi connectivity index (χ2v) is 9.69. The van der Waals surface area contributed by atoms with Gasteiger partial charge in [0.25, 0.3) is 0 Å². The molecular formula is C26H25Cl2N9O3. The Labute approximate surface area is 239 Å². The maximum atomic E-state index is 13.1. The van der Waals surface area contributed by atoms with Gasteiger partial charge in [-0.3, -0.25) is 10.1 Å². The molecule has 0 aliphatic carbocycles. The van der Waals surface area contributed by atoms with Crippen LogP contribution in [0.2, 0.25) is 10.2 Å². The van der Waals surface area contributed by atoms with Crippen LogP contribution in [0.5, 0.6) is 0 Å². The molecule has 2 aromatic heterocycles. The number of carbonyl (C=O) groups is 2. The maximum absolute atomic E-state index is 13.1. The highest BCUT2D eigenvalue weighted by atomic mass is 35.5. The van der Waals surface area contributed by atoms with Gasteiger partial charge in [-0.15, -0.1) is 15.3 Å². The Kier molecular flexibility index (Phi) is 9.38. The third kappa shape index (κ3) is 7.59. The van der Waals surface area contributed by atoms with Crippen LogP contribution in [-0.2, 0) is 4.79 Å². The molecule has 14 heteroatoms. The van der Waals surface area contributed by atoms with Crippen LogP contribution in [0.4, 0.5) is 10.5 Å². The number of anilines is 1. The summed E-state index contributed by atoms with van der Waals surface area (Å²) in [5.74, 6) is -0.378. The topological polar surface area (TPSA) is 160 Å². The van der Waals surface area contributed by atoms with Crippen molar-refractivity contribution in [1.82, 2.24) is 41.0 Å². The lowest BCUT2D eigenvalue weighted by atomic mass is 10.0. The van der Waals surface area contributed by atoms with E-state index in [-0.39, 0.29) is 17.1 Å². The van der Waals surface area contributed by atoms with E-state index in [0.717, 1.165) is 0 Å². The van der Waals surface area contributed by atoms with Crippen molar-refractivity contribution in [2.75, 3.05) is 11.9 Å². The number of amides is 2. The minimum atomic E-state index is -1.16. The molecule has 0 radical (unpaired) electrons. The molecule has 40 heavy (non-hydrogen) atoms. The van der Waals surface area contributed by atoms with Crippen molar-refractivity contribution >= 4 is 47.0 Å². The van der Waals surface area contributed by atoms with Crippen LogP contribution in [-0.4, -0.2) is 60.1 Å². The van der Waals surface area contributed by atoms with E-state index in [4.69, 9.17) is 28.3 Å². The van der Waals surface area contributed by atoms with E-state index in [1.807, 2.05) is 13.8 Å². The average Bonchev–Trinajstić information content (AvgIpc) is 3.45. The summed E-state index contributed by atoms with van der Waals surface area (Å²) in [6.07, 6.45) is 3.30. The molecule has 0 fully saturated rings. The third-order valence-corrected chi connectivity index (χ3v) is 6.16. The van der Waals surface area contributed by atoms with Crippen molar-refractivity contribution in [2.45, 2.75) is 25.9 Å². The Hall–Kier alpha value is -4.39. The molecule has 12 nitrogen and oxygen atoms in total. The fraction of sp³-hybridized carbons (Fsp3) is 0.192. The molecule has 4 aromatic rings. The molecule has 1 atom stereocenters. The molecular weight excluding hydrogens is 557 g/mol. The van der Waals surface area contributed by atoms with E-state index < -0.39 is 12.1 Å². The summed E-state index contributed by atoms with van der Waals surface area (Å²) in [6.45, 7) is 4.35. The standard InChI is InChI=1S/C26H25Cl2N9O3/c1-15(2)29-13-22(20-12-21(33-34-25(20)28)16-3-7-19(8-4-16)31-26(39)40)32-24(38)10-5-17-11-18(27)6-9-23(17)37-14-30-35-36-37/h3-12,14-15,22,29,31H,13H2,1-2H3,(H,32,38)(H,39,40). The molecule has 0 bridgehead atoms. The SMILES string of the molecule is CC(C)NCC(NC(=O)C=Cc1cc(Cl)ccc1-n1cnnn1)c1cc(-c2ccc(NC(=O)O)cc2)nnc1Cl. The summed E-state index contributed by atoms with van der Waals surface area (Å²) in [4.78, 5) is 24.0. The predicted molar refractivity (Wildman–Crippen MR) is 151 cm³/mol. The number of aromatic nitrogens is 6. The number of rotatable bonds is 10. The molecule has 4 N–H and O–H groups in total. The first-order chi connectivity index (χ1) is 19.2. The van der Waals surface area contributed by atoms with Crippen molar-refractivity contribution in [3.05, 3.63) is 82.2 Å². The van der Waals surface area contributed by atoms with Gasteiger partial charge in [-0.1, -0.05) is 49.2 Å². The monoisotopic (exact) mass is 581 g/mol. The Bertz CT molecular complexity index is 1510. The van der Waals surface area contributed by atoms with Gasteiger partial charge in [-0.05, 0) is 52.9 Å². The molecule has 206 valence electrons. The van der Waals surface area contributed by atoms with E-state index in [2.05, 4.69) is 41.7 Å². The summed E-state index contributed by atoms with van der Waals surface area (Å²) in [7, 11) is 0. The quantitative estimate of drug-likeness (QED) is 0.199. The largest absolute Gasteiger partial charge is 0.465 e. The molecule has 0 aliphatic heterocycles. The van der Waals surface area contributed by atoms with Crippen molar-refractivity contribution in [3.63, 3.8) is 0 Å². The number of hydrogen-bond donors (Lipinski definition) is 4. The van der Waals surface area contributed by atoms with Gasteiger partial charge in [-0.25, -0.2) is 4.79 Å². The van der Waals surface area contributed by atoms with E-state index in [0.29, 0.717) is 45.3 Å².